The highest BCUT2D eigenvalue weighted by atomic mass is 16.3. The number of rotatable bonds is 4. The summed E-state index contributed by atoms with van der Waals surface area (Å²) in [6, 6.07) is 0. The number of fused-ring (bicyclic) bond motifs is 1. The Balaban J connectivity index is 1.63. The SMILES string of the molecule is OCC1CCCn2c(CCN3CCCCC3)nnc21. The molecular weight excluding hydrogens is 240 g/mol. The van der Waals surface area contributed by atoms with Crippen molar-refractivity contribution >= 4 is 0 Å². The number of aliphatic hydroxyl groups excluding tert-OH is 1. The van der Waals surface area contributed by atoms with Crippen LogP contribution in [0.25, 0.3) is 0 Å². The molecule has 19 heavy (non-hydrogen) atoms. The first-order valence-corrected chi connectivity index (χ1v) is 7.63. The van der Waals surface area contributed by atoms with E-state index < -0.39 is 0 Å². The van der Waals surface area contributed by atoms with Gasteiger partial charge in [0.25, 0.3) is 0 Å². The van der Waals surface area contributed by atoms with Gasteiger partial charge < -0.3 is 14.6 Å². The second kappa shape index (κ2) is 6.01. The van der Waals surface area contributed by atoms with E-state index in [0.29, 0.717) is 0 Å². The number of aliphatic hydroxyl groups is 1. The maximum absolute atomic E-state index is 9.39. The lowest BCUT2D eigenvalue weighted by Crippen LogP contribution is -2.32. The van der Waals surface area contributed by atoms with Crippen LogP contribution in [-0.2, 0) is 13.0 Å². The van der Waals surface area contributed by atoms with Gasteiger partial charge in [0, 0.05) is 25.4 Å². The fourth-order valence-electron chi connectivity index (χ4n) is 3.32. The fourth-order valence-corrected chi connectivity index (χ4v) is 3.32. The molecule has 0 radical (unpaired) electrons. The molecule has 3 rings (SSSR count). The van der Waals surface area contributed by atoms with Crippen LogP contribution in [0.3, 0.4) is 0 Å². The van der Waals surface area contributed by atoms with Gasteiger partial charge in [-0.1, -0.05) is 6.42 Å². The van der Waals surface area contributed by atoms with E-state index in [4.69, 9.17) is 0 Å². The third-order valence-electron chi connectivity index (χ3n) is 4.48. The molecule has 106 valence electrons. The normalized spacial score (nSPS) is 24.4. The van der Waals surface area contributed by atoms with Gasteiger partial charge in [-0.05, 0) is 38.8 Å². The van der Waals surface area contributed by atoms with Gasteiger partial charge in [-0.15, -0.1) is 10.2 Å². The Bertz CT molecular complexity index is 412. The van der Waals surface area contributed by atoms with Crippen LogP contribution >= 0.6 is 0 Å². The molecule has 1 fully saturated rings. The van der Waals surface area contributed by atoms with Crippen molar-refractivity contribution in [2.24, 2.45) is 0 Å². The average molecular weight is 264 g/mol. The second-order valence-corrected chi connectivity index (χ2v) is 5.80. The van der Waals surface area contributed by atoms with Crippen LogP contribution in [0.15, 0.2) is 0 Å². The molecule has 0 aromatic carbocycles. The Morgan fingerprint density at radius 2 is 1.89 bits per heavy atom. The molecule has 0 saturated carbocycles. The highest BCUT2D eigenvalue weighted by molar-refractivity contribution is 5.05. The zero-order chi connectivity index (χ0) is 13.1. The summed E-state index contributed by atoms with van der Waals surface area (Å²) in [4.78, 5) is 2.54. The lowest BCUT2D eigenvalue weighted by molar-refractivity contribution is 0.226. The maximum atomic E-state index is 9.39. The molecule has 0 amide bonds. The molecular formula is C14H24N4O. The van der Waals surface area contributed by atoms with E-state index in [1.165, 1.54) is 32.4 Å². The summed E-state index contributed by atoms with van der Waals surface area (Å²) in [6.07, 6.45) is 7.23. The van der Waals surface area contributed by atoms with Crippen LogP contribution < -0.4 is 0 Å². The molecule has 5 heteroatoms. The van der Waals surface area contributed by atoms with E-state index in [9.17, 15) is 5.11 Å². The Hall–Kier alpha value is -0.940. The van der Waals surface area contributed by atoms with E-state index >= 15 is 0 Å². The van der Waals surface area contributed by atoms with Crippen LogP contribution in [0, 0.1) is 0 Å². The molecule has 0 bridgehead atoms. The Morgan fingerprint density at radius 1 is 1.05 bits per heavy atom. The third kappa shape index (κ3) is 2.82. The van der Waals surface area contributed by atoms with Crippen molar-refractivity contribution in [1.82, 2.24) is 19.7 Å². The molecule has 5 nitrogen and oxygen atoms in total. The van der Waals surface area contributed by atoms with Crippen molar-refractivity contribution < 1.29 is 5.11 Å². The van der Waals surface area contributed by atoms with Crippen LogP contribution in [0.2, 0.25) is 0 Å². The minimum absolute atomic E-state index is 0.199. The lowest BCUT2D eigenvalue weighted by atomic mass is 10.00. The first kappa shape index (κ1) is 13.1. The van der Waals surface area contributed by atoms with Crippen LogP contribution in [0.4, 0.5) is 0 Å². The van der Waals surface area contributed by atoms with E-state index in [2.05, 4.69) is 19.7 Å². The van der Waals surface area contributed by atoms with Gasteiger partial charge in [0.2, 0.25) is 0 Å². The zero-order valence-corrected chi connectivity index (χ0v) is 11.6. The first-order chi connectivity index (χ1) is 9.38. The van der Waals surface area contributed by atoms with E-state index in [1.807, 2.05) is 0 Å². The number of piperidine rings is 1. The molecule has 1 aromatic rings. The predicted octanol–water partition coefficient (Wildman–Crippen LogP) is 1.18. The lowest BCUT2D eigenvalue weighted by Gasteiger charge is -2.26. The molecule has 3 heterocycles. The molecule has 1 N–H and O–H groups in total. The van der Waals surface area contributed by atoms with Gasteiger partial charge in [0.15, 0.2) is 0 Å². The van der Waals surface area contributed by atoms with E-state index in [1.54, 1.807) is 0 Å². The molecule has 2 aliphatic rings. The quantitative estimate of drug-likeness (QED) is 0.887. The number of hydrogen-bond acceptors (Lipinski definition) is 4. The van der Waals surface area contributed by atoms with Gasteiger partial charge in [0.05, 0.1) is 6.61 Å². The van der Waals surface area contributed by atoms with Crippen molar-refractivity contribution in [2.75, 3.05) is 26.2 Å². The first-order valence-electron chi connectivity index (χ1n) is 7.63. The van der Waals surface area contributed by atoms with E-state index in [-0.39, 0.29) is 12.5 Å². The molecule has 0 spiro atoms. The zero-order valence-electron chi connectivity index (χ0n) is 11.6. The largest absolute Gasteiger partial charge is 0.396 e. The number of nitrogens with zero attached hydrogens (tertiary/aromatic N) is 4. The van der Waals surface area contributed by atoms with Gasteiger partial charge in [-0.3, -0.25) is 0 Å². The standard InChI is InChI=1S/C14H24N4O/c19-11-12-5-4-9-18-13(15-16-14(12)18)6-10-17-7-2-1-3-8-17/h12,19H,1-11H2. The summed E-state index contributed by atoms with van der Waals surface area (Å²) in [5.74, 6) is 2.31. The maximum Gasteiger partial charge on any atom is 0.138 e. The monoisotopic (exact) mass is 264 g/mol. The van der Waals surface area contributed by atoms with Gasteiger partial charge >= 0.3 is 0 Å². The smallest absolute Gasteiger partial charge is 0.138 e. The summed E-state index contributed by atoms with van der Waals surface area (Å²) in [5, 5.41) is 18.1. The molecule has 2 aliphatic heterocycles. The summed E-state index contributed by atoms with van der Waals surface area (Å²) in [5.41, 5.74) is 0. The minimum atomic E-state index is 0.199. The van der Waals surface area contributed by atoms with Crippen LogP contribution in [0.1, 0.15) is 49.7 Å². The topological polar surface area (TPSA) is 54.2 Å². The van der Waals surface area contributed by atoms with Crippen LogP contribution in [-0.4, -0.2) is 51.0 Å². The van der Waals surface area contributed by atoms with Crippen molar-refractivity contribution in [1.29, 1.82) is 0 Å². The number of hydrogen-bond donors (Lipinski definition) is 1. The molecule has 1 aromatic heterocycles. The van der Waals surface area contributed by atoms with Gasteiger partial charge in [-0.25, -0.2) is 0 Å². The average Bonchev–Trinajstić information content (AvgIpc) is 2.89. The van der Waals surface area contributed by atoms with Crippen molar-refractivity contribution in [3.8, 4) is 0 Å². The highest BCUT2D eigenvalue weighted by Gasteiger charge is 2.24. The van der Waals surface area contributed by atoms with Gasteiger partial charge in [0.1, 0.15) is 11.6 Å². The molecule has 1 saturated heterocycles. The predicted molar refractivity (Wildman–Crippen MR) is 73.1 cm³/mol. The molecule has 1 unspecified atom stereocenters. The Morgan fingerprint density at radius 3 is 2.68 bits per heavy atom. The Labute approximate surface area is 114 Å². The Kier molecular flexibility index (Phi) is 4.13. The van der Waals surface area contributed by atoms with E-state index in [0.717, 1.165) is 44.0 Å². The minimum Gasteiger partial charge on any atom is -0.396 e. The van der Waals surface area contributed by atoms with Crippen molar-refractivity contribution in [2.45, 2.75) is 51.0 Å². The fraction of sp³-hybridized carbons (Fsp3) is 0.857. The number of likely N-dealkylation sites (tertiary alicyclic amines) is 1. The number of aromatic nitrogens is 3. The van der Waals surface area contributed by atoms with Crippen molar-refractivity contribution in [3.05, 3.63) is 11.6 Å². The second-order valence-electron chi connectivity index (χ2n) is 5.80. The summed E-state index contributed by atoms with van der Waals surface area (Å²) >= 11 is 0. The molecule has 0 aliphatic carbocycles. The van der Waals surface area contributed by atoms with Crippen molar-refractivity contribution in [3.63, 3.8) is 0 Å². The molecule has 1 atom stereocenters. The summed E-state index contributed by atoms with van der Waals surface area (Å²) in [6.45, 7) is 4.79. The summed E-state index contributed by atoms with van der Waals surface area (Å²) in [7, 11) is 0. The van der Waals surface area contributed by atoms with Gasteiger partial charge in [-0.2, -0.15) is 0 Å². The van der Waals surface area contributed by atoms with Crippen LogP contribution in [0.5, 0.6) is 0 Å². The summed E-state index contributed by atoms with van der Waals surface area (Å²) < 4.78 is 2.24. The highest BCUT2D eigenvalue weighted by Crippen LogP contribution is 2.26. The third-order valence-corrected chi connectivity index (χ3v) is 4.48.